The first-order valence-corrected chi connectivity index (χ1v) is 6.26. The summed E-state index contributed by atoms with van der Waals surface area (Å²) in [6.45, 7) is -0.650. The van der Waals surface area contributed by atoms with E-state index in [1.54, 1.807) is 12.1 Å². The molecule has 2 aromatic carbocycles. The predicted octanol–water partition coefficient (Wildman–Crippen LogP) is 2.36. The number of carbonyl (C=O) groups is 2. The molecule has 1 N–H and O–H groups in total. The van der Waals surface area contributed by atoms with Crippen molar-refractivity contribution in [3.63, 3.8) is 0 Å². The van der Waals surface area contributed by atoms with Gasteiger partial charge in [0.2, 0.25) is 5.78 Å². The summed E-state index contributed by atoms with van der Waals surface area (Å²) in [7, 11) is 0. The average molecular weight is 288 g/mol. The summed E-state index contributed by atoms with van der Waals surface area (Å²) in [6.07, 6.45) is 0. The molecule has 0 amide bonds. The highest BCUT2D eigenvalue weighted by Gasteiger charge is 2.14. The van der Waals surface area contributed by atoms with E-state index in [9.17, 15) is 14.0 Å². The number of esters is 1. The number of carbonyl (C=O) groups excluding carboxylic acids is 2. The van der Waals surface area contributed by atoms with Gasteiger partial charge in [0.15, 0.2) is 6.61 Å². The minimum atomic E-state index is -0.677. The molecule has 0 aliphatic heterocycles. The van der Waals surface area contributed by atoms with Gasteiger partial charge in [0, 0.05) is 0 Å². The predicted molar refractivity (Wildman–Crippen MR) is 73.4 cm³/mol. The normalized spacial score (nSPS) is 10.2. The van der Waals surface area contributed by atoms with Crippen LogP contribution in [0, 0.1) is 5.82 Å². The van der Waals surface area contributed by atoms with E-state index in [0.717, 1.165) is 0 Å². The van der Waals surface area contributed by atoms with Gasteiger partial charge in [-0.1, -0.05) is 24.3 Å². The molecule has 0 bridgehead atoms. The summed E-state index contributed by atoms with van der Waals surface area (Å²) in [5.74, 6) is -1.93. The third-order valence-corrected chi connectivity index (χ3v) is 2.88. The van der Waals surface area contributed by atoms with Gasteiger partial charge in [0.25, 0.3) is 0 Å². The second-order valence-electron chi connectivity index (χ2n) is 4.33. The van der Waals surface area contributed by atoms with Crippen molar-refractivity contribution in [1.29, 1.82) is 0 Å². The fourth-order valence-electron chi connectivity index (χ4n) is 1.73. The van der Waals surface area contributed by atoms with Gasteiger partial charge >= 0.3 is 5.97 Å². The fourth-order valence-corrected chi connectivity index (χ4v) is 1.73. The second-order valence-corrected chi connectivity index (χ2v) is 4.33. The van der Waals surface area contributed by atoms with Crippen LogP contribution in [0.4, 0.5) is 4.39 Å². The lowest BCUT2D eigenvalue weighted by molar-refractivity contribution is 0.0473. The van der Waals surface area contributed by atoms with Crippen LogP contribution in [0.2, 0.25) is 0 Å². The lowest BCUT2D eigenvalue weighted by Crippen LogP contribution is -2.15. The summed E-state index contributed by atoms with van der Waals surface area (Å²) < 4.78 is 18.2. The molecule has 4 nitrogen and oxygen atoms in total. The van der Waals surface area contributed by atoms with Crippen LogP contribution in [0.15, 0.2) is 48.5 Å². The summed E-state index contributed by atoms with van der Waals surface area (Å²) in [5, 5.41) is 8.90. The van der Waals surface area contributed by atoms with E-state index in [0.29, 0.717) is 5.56 Å². The van der Waals surface area contributed by atoms with E-state index >= 15 is 0 Å². The smallest absolute Gasteiger partial charge is 0.338 e. The molecular weight excluding hydrogens is 275 g/mol. The van der Waals surface area contributed by atoms with Crippen molar-refractivity contribution >= 4 is 11.8 Å². The summed E-state index contributed by atoms with van der Waals surface area (Å²) in [6, 6.07) is 11.6. The van der Waals surface area contributed by atoms with Crippen LogP contribution in [0.1, 0.15) is 26.3 Å². The minimum Gasteiger partial charge on any atom is -0.454 e. The number of ether oxygens (including phenoxy) is 1. The Kier molecular flexibility index (Phi) is 4.79. The van der Waals surface area contributed by atoms with E-state index in [2.05, 4.69) is 0 Å². The van der Waals surface area contributed by atoms with Gasteiger partial charge in [0.1, 0.15) is 5.82 Å². The molecule has 0 spiro atoms. The maximum Gasteiger partial charge on any atom is 0.338 e. The first-order valence-electron chi connectivity index (χ1n) is 6.26. The first-order chi connectivity index (χ1) is 10.1. The van der Waals surface area contributed by atoms with E-state index in [1.807, 2.05) is 0 Å². The molecule has 2 rings (SSSR count). The van der Waals surface area contributed by atoms with Crippen molar-refractivity contribution in [1.82, 2.24) is 0 Å². The van der Waals surface area contributed by atoms with Crippen LogP contribution >= 0.6 is 0 Å². The molecule has 0 unspecified atom stereocenters. The third-order valence-electron chi connectivity index (χ3n) is 2.88. The molecule has 0 aliphatic carbocycles. The zero-order chi connectivity index (χ0) is 15.2. The van der Waals surface area contributed by atoms with Crippen LogP contribution in [-0.4, -0.2) is 23.5 Å². The number of benzene rings is 2. The van der Waals surface area contributed by atoms with Crippen LogP contribution in [0.5, 0.6) is 0 Å². The second kappa shape index (κ2) is 6.76. The van der Waals surface area contributed by atoms with E-state index < -0.39 is 24.2 Å². The third kappa shape index (κ3) is 3.73. The summed E-state index contributed by atoms with van der Waals surface area (Å²) in [5.41, 5.74) is 0.809. The van der Waals surface area contributed by atoms with Crippen molar-refractivity contribution in [3.8, 4) is 0 Å². The Morgan fingerprint density at radius 2 is 1.71 bits per heavy atom. The number of ketones is 1. The quantitative estimate of drug-likeness (QED) is 0.677. The number of Topliss-reactive ketones (excluding diaryl/α,β-unsaturated/α-hetero) is 1. The number of hydrogen-bond acceptors (Lipinski definition) is 4. The lowest BCUT2D eigenvalue weighted by atomic mass is 10.1. The zero-order valence-corrected chi connectivity index (χ0v) is 11.1. The molecule has 0 saturated heterocycles. The molecule has 0 atom stereocenters. The van der Waals surface area contributed by atoms with Crippen molar-refractivity contribution < 1.29 is 23.8 Å². The van der Waals surface area contributed by atoms with Gasteiger partial charge in [-0.05, 0) is 29.8 Å². The number of aliphatic hydroxyl groups is 1. The maximum atomic E-state index is 13.4. The molecule has 2 aromatic rings. The molecule has 0 heterocycles. The Balaban J connectivity index is 1.97. The van der Waals surface area contributed by atoms with Gasteiger partial charge in [-0.3, -0.25) is 4.79 Å². The molecule has 0 aromatic heterocycles. The van der Waals surface area contributed by atoms with Gasteiger partial charge in [-0.15, -0.1) is 0 Å². The molecule has 108 valence electrons. The Labute approximate surface area is 120 Å². The van der Waals surface area contributed by atoms with Gasteiger partial charge in [0.05, 0.1) is 17.7 Å². The lowest BCUT2D eigenvalue weighted by Gasteiger charge is -2.05. The van der Waals surface area contributed by atoms with E-state index in [-0.39, 0.29) is 17.7 Å². The first kappa shape index (κ1) is 14.9. The van der Waals surface area contributed by atoms with Crippen molar-refractivity contribution in [2.45, 2.75) is 6.61 Å². The topological polar surface area (TPSA) is 63.6 Å². The molecule has 21 heavy (non-hydrogen) atoms. The summed E-state index contributed by atoms with van der Waals surface area (Å²) >= 11 is 0. The van der Waals surface area contributed by atoms with Gasteiger partial charge in [-0.25, -0.2) is 9.18 Å². The molecule has 5 heteroatoms. The largest absolute Gasteiger partial charge is 0.454 e. The number of rotatable bonds is 5. The fraction of sp³-hybridized carbons (Fsp3) is 0.125. The molecule has 0 saturated carbocycles. The molecular formula is C16H13FO4. The Bertz CT molecular complexity index is 650. The van der Waals surface area contributed by atoms with Gasteiger partial charge < -0.3 is 9.84 Å². The van der Waals surface area contributed by atoms with Crippen molar-refractivity contribution in [2.24, 2.45) is 0 Å². The number of hydrogen-bond donors (Lipinski definition) is 1. The van der Waals surface area contributed by atoms with Crippen LogP contribution < -0.4 is 0 Å². The average Bonchev–Trinajstić information content (AvgIpc) is 2.52. The van der Waals surface area contributed by atoms with E-state index in [4.69, 9.17) is 9.84 Å². The number of halogens is 1. The minimum absolute atomic E-state index is 0.110. The monoisotopic (exact) mass is 288 g/mol. The zero-order valence-electron chi connectivity index (χ0n) is 11.1. The van der Waals surface area contributed by atoms with E-state index in [1.165, 1.54) is 36.4 Å². The Morgan fingerprint density at radius 3 is 2.33 bits per heavy atom. The Morgan fingerprint density at radius 1 is 1.05 bits per heavy atom. The maximum absolute atomic E-state index is 13.4. The van der Waals surface area contributed by atoms with Crippen molar-refractivity contribution in [2.75, 3.05) is 6.61 Å². The Hall–Kier alpha value is -2.53. The molecule has 0 radical (unpaired) electrons. The molecule has 0 aliphatic rings. The van der Waals surface area contributed by atoms with Crippen LogP contribution in [0.3, 0.4) is 0 Å². The highest BCUT2D eigenvalue weighted by Crippen LogP contribution is 2.09. The standard InChI is InChI=1S/C16H13FO4/c17-14-4-2-1-3-13(14)15(19)10-21-16(20)12-7-5-11(9-18)6-8-12/h1-8,18H,9-10H2. The number of aliphatic hydroxyl groups excluding tert-OH is 1. The molecule has 0 fully saturated rings. The van der Waals surface area contributed by atoms with Gasteiger partial charge in [-0.2, -0.15) is 0 Å². The van der Waals surface area contributed by atoms with Crippen molar-refractivity contribution in [3.05, 3.63) is 71.0 Å². The summed E-state index contributed by atoms with van der Waals surface area (Å²) in [4.78, 5) is 23.5. The highest BCUT2D eigenvalue weighted by molar-refractivity contribution is 5.99. The van der Waals surface area contributed by atoms with Crippen LogP contribution in [-0.2, 0) is 11.3 Å². The SMILES string of the molecule is O=C(OCC(=O)c1ccccc1F)c1ccc(CO)cc1. The van der Waals surface area contributed by atoms with Crippen LogP contribution in [0.25, 0.3) is 0 Å². The highest BCUT2D eigenvalue weighted by atomic mass is 19.1.